The van der Waals surface area contributed by atoms with E-state index in [2.05, 4.69) is 9.97 Å². The molecule has 0 aliphatic heterocycles. The number of halogens is 2. The number of aliphatic hydroxyl groups is 1. The van der Waals surface area contributed by atoms with Crippen LogP contribution in [-0.2, 0) is 5.60 Å². The van der Waals surface area contributed by atoms with Crippen molar-refractivity contribution in [1.29, 1.82) is 0 Å². The van der Waals surface area contributed by atoms with Gasteiger partial charge in [0.15, 0.2) is 0 Å². The molecule has 0 fully saturated rings. The van der Waals surface area contributed by atoms with Crippen LogP contribution in [0.25, 0.3) is 0 Å². The standard InChI is InChI=1S/C16H18Cl2N2O2/c1-15(2,3)16(21,11-7-19-10-20-8-11)9-22-14-5-4-12(17)6-13(14)18/h4-8,10,21H,9H2,1-3H3. The first-order valence-electron chi connectivity index (χ1n) is 6.80. The third-order valence-electron chi connectivity index (χ3n) is 3.61. The molecule has 6 heteroatoms. The molecule has 1 aromatic carbocycles. The van der Waals surface area contributed by atoms with E-state index < -0.39 is 11.0 Å². The minimum atomic E-state index is -1.27. The molecule has 118 valence electrons. The molecule has 1 unspecified atom stereocenters. The molecule has 0 bridgehead atoms. The van der Waals surface area contributed by atoms with E-state index in [1.165, 1.54) is 6.33 Å². The molecule has 0 saturated heterocycles. The molecule has 0 saturated carbocycles. The monoisotopic (exact) mass is 340 g/mol. The topological polar surface area (TPSA) is 55.2 Å². The van der Waals surface area contributed by atoms with Gasteiger partial charge < -0.3 is 9.84 Å². The number of hydrogen-bond donors (Lipinski definition) is 1. The lowest BCUT2D eigenvalue weighted by molar-refractivity contribution is -0.0949. The van der Waals surface area contributed by atoms with E-state index in [0.29, 0.717) is 21.4 Å². The fourth-order valence-corrected chi connectivity index (χ4v) is 2.48. The van der Waals surface area contributed by atoms with Crippen LogP contribution < -0.4 is 4.74 Å². The highest BCUT2D eigenvalue weighted by Gasteiger charge is 2.43. The van der Waals surface area contributed by atoms with Crippen molar-refractivity contribution in [1.82, 2.24) is 9.97 Å². The first-order valence-corrected chi connectivity index (χ1v) is 7.55. The minimum absolute atomic E-state index is 0.0191. The second-order valence-corrected chi connectivity index (χ2v) is 6.94. The zero-order valence-corrected chi connectivity index (χ0v) is 14.2. The third-order valence-corrected chi connectivity index (χ3v) is 4.14. The van der Waals surface area contributed by atoms with Crippen LogP contribution in [0.3, 0.4) is 0 Å². The lowest BCUT2D eigenvalue weighted by Crippen LogP contribution is -2.45. The summed E-state index contributed by atoms with van der Waals surface area (Å²) in [5.74, 6) is 0.464. The zero-order valence-electron chi connectivity index (χ0n) is 12.7. The van der Waals surface area contributed by atoms with E-state index in [4.69, 9.17) is 27.9 Å². The molecule has 0 aliphatic rings. The average Bonchev–Trinajstić information content (AvgIpc) is 2.45. The molecule has 4 nitrogen and oxygen atoms in total. The van der Waals surface area contributed by atoms with Gasteiger partial charge in [0.05, 0.1) is 5.02 Å². The second-order valence-electron chi connectivity index (χ2n) is 6.10. The summed E-state index contributed by atoms with van der Waals surface area (Å²) in [7, 11) is 0. The Morgan fingerprint density at radius 2 is 1.77 bits per heavy atom. The molecule has 1 N–H and O–H groups in total. The van der Waals surface area contributed by atoms with Gasteiger partial charge in [-0.25, -0.2) is 9.97 Å². The maximum Gasteiger partial charge on any atom is 0.138 e. The highest BCUT2D eigenvalue weighted by atomic mass is 35.5. The van der Waals surface area contributed by atoms with Crippen molar-refractivity contribution in [2.24, 2.45) is 5.41 Å². The van der Waals surface area contributed by atoms with Crippen molar-refractivity contribution in [3.8, 4) is 5.75 Å². The van der Waals surface area contributed by atoms with Gasteiger partial charge in [-0.05, 0) is 23.6 Å². The highest BCUT2D eigenvalue weighted by Crippen LogP contribution is 2.40. The number of hydrogen-bond acceptors (Lipinski definition) is 4. The summed E-state index contributed by atoms with van der Waals surface area (Å²) in [6, 6.07) is 4.96. The van der Waals surface area contributed by atoms with Crippen molar-refractivity contribution in [3.63, 3.8) is 0 Å². The van der Waals surface area contributed by atoms with E-state index in [1.807, 2.05) is 20.8 Å². The maximum absolute atomic E-state index is 11.2. The Morgan fingerprint density at radius 3 is 2.32 bits per heavy atom. The maximum atomic E-state index is 11.2. The van der Waals surface area contributed by atoms with Crippen LogP contribution in [0.5, 0.6) is 5.75 Å². The number of aromatic nitrogens is 2. The molecule has 0 radical (unpaired) electrons. The van der Waals surface area contributed by atoms with Gasteiger partial charge in [-0.2, -0.15) is 0 Å². The summed E-state index contributed by atoms with van der Waals surface area (Å²) in [6.07, 6.45) is 4.60. The SMILES string of the molecule is CC(C)(C)C(O)(COc1ccc(Cl)cc1Cl)c1cncnc1. The molecule has 1 aromatic heterocycles. The van der Waals surface area contributed by atoms with Gasteiger partial charge in [0.1, 0.15) is 24.3 Å². The third kappa shape index (κ3) is 3.51. The summed E-state index contributed by atoms with van der Waals surface area (Å²) >= 11 is 12.0. The number of rotatable bonds is 4. The molecule has 0 aliphatic carbocycles. The highest BCUT2D eigenvalue weighted by molar-refractivity contribution is 6.35. The van der Waals surface area contributed by atoms with Crippen molar-refractivity contribution in [2.45, 2.75) is 26.4 Å². The van der Waals surface area contributed by atoms with Crippen LogP contribution in [0.1, 0.15) is 26.3 Å². The summed E-state index contributed by atoms with van der Waals surface area (Å²) in [4.78, 5) is 7.96. The molecule has 2 rings (SSSR count). The fourth-order valence-electron chi connectivity index (χ4n) is 2.02. The van der Waals surface area contributed by atoms with Crippen molar-refractivity contribution >= 4 is 23.2 Å². The molecular weight excluding hydrogens is 323 g/mol. The number of nitrogens with zero attached hydrogens (tertiary/aromatic N) is 2. The predicted octanol–water partition coefficient (Wildman–Crippen LogP) is 4.10. The van der Waals surface area contributed by atoms with Gasteiger partial charge in [0.2, 0.25) is 0 Å². The molecular formula is C16H18Cl2N2O2. The molecule has 0 amide bonds. The molecule has 22 heavy (non-hydrogen) atoms. The summed E-state index contributed by atoms with van der Waals surface area (Å²) in [6.45, 7) is 5.79. The van der Waals surface area contributed by atoms with Gasteiger partial charge in [0.25, 0.3) is 0 Å². The quantitative estimate of drug-likeness (QED) is 0.910. The van der Waals surface area contributed by atoms with Gasteiger partial charge in [0, 0.05) is 23.0 Å². The molecule has 2 aromatic rings. The predicted molar refractivity (Wildman–Crippen MR) is 87.3 cm³/mol. The van der Waals surface area contributed by atoms with Crippen LogP contribution in [0.2, 0.25) is 10.0 Å². The van der Waals surface area contributed by atoms with Gasteiger partial charge in [-0.3, -0.25) is 0 Å². The Morgan fingerprint density at radius 1 is 1.14 bits per heavy atom. The van der Waals surface area contributed by atoms with Gasteiger partial charge in [-0.15, -0.1) is 0 Å². The van der Waals surface area contributed by atoms with Crippen LogP contribution in [0.15, 0.2) is 36.9 Å². The van der Waals surface area contributed by atoms with Crippen LogP contribution in [0, 0.1) is 5.41 Å². The largest absolute Gasteiger partial charge is 0.489 e. The summed E-state index contributed by atoms with van der Waals surface area (Å²) < 4.78 is 5.74. The zero-order chi connectivity index (χ0) is 16.4. The molecule has 1 heterocycles. The normalized spacial score (nSPS) is 14.5. The van der Waals surface area contributed by atoms with Crippen LogP contribution in [-0.4, -0.2) is 21.7 Å². The lowest BCUT2D eigenvalue weighted by Gasteiger charge is -2.39. The van der Waals surface area contributed by atoms with E-state index in [-0.39, 0.29) is 6.61 Å². The van der Waals surface area contributed by atoms with Crippen LogP contribution in [0.4, 0.5) is 0 Å². The Hall–Kier alpha value is -1.36. The first-order chi connectivity index (χ1) is 10.2. The first kappa shape index (κ1) is 17.0. The van der Waals surface area contributed by atoms with E-state index >= 15 is 0 Å². The van der Waals surface area contributed by atoms with E-state index in [0.717, 1.165) is 0 Å². The summed E-state index contributed by atoms with van der Waals surface area (Å²) in [5.41, 5.74) is -1.17. The smallest absolute Gasteiger partial charge is 0.138 e. The van der Waals surface area contributed by atoms with Gasteiger partial charge in [-0.1, -0.05) is 44.0 Å². The fraction of sp³-hybridized carbons (Fsp3) is 0.375. The van der Waals surface area contributed by atoms with Crippen molar-refractivity contribution < 1.29 is 9.84 Å². The second kappa shape index (κ2) is 6.41. The molecule has 1 atom stereocenters. The van der Waals surface area contributed by atoms with E-state index in [1.54, 1.807) is 30.6 Å². The minimum Gasteiger partial charge on any atom is -0.489 e. The average molecular weight is 341 g/mol. The number of benzene rings is 1. The van der Waals surface area contributed by atoms with Gasteiger partial charge >= 0.3 is 0 Å². The van der Waals surface area contributed by atoms with Crippen LogP contribution >= 0.6 is 23.2 Å². The Balaban J connectivity index is 2.29. The summed E-state index contributed by atoms with van der Waals surface area (Å²) in [5, 5.41) is 12.1. The Labute approximate surface area is 140 Å². The molecule has 0 spiro atoms. The lowest BCUT2D eigenvalue weighted by atomic mass is 9.73. The van der Waals surface area contributed by atoms with E-state index in [9.17, 15) is 5.11 Å². The Bertz CT molecular complexity index is 644. The van der Waals surface area contributed by atoms with Crippen molar-refractivity contribution in [2.75, 3.05) is 6.61 Å². The Kier molecular flexibility index (Phi) is 4.95. The van der Waals surface area contributed by atoms with Crippen molar-refractivity contribution in [3.05, 3.63) is 52.5 Å². The number of ether oxygens (including phenoxy) is 1.